The van der Waals surface area contributed by atoms with E-state index in [1.54, 1.807) is 12.3 Å². The van der Waals surface area contributed by atoms with Crippen LogP contribution in [0.3, 0.4) is 0 Å². The minimum absolute atomic E-state index is 0.330. The van der Waals surface area contributed by atoms with Crippen LogP contribution in [-0.2, 0) is 16.6 Å². The van der Waals surface area contributed by atoms with Crippen molar-refractivity contribution in [2.45, 2.75) is 23.8 Å². The van der Waals surface area contributed by atoms with Gasteiger partial charge in [-0.2, -0.15) is 0 Å². The molecule has 0 saturated carbocycles. The molecule has 1 fully saturated rings. The van der Waals surface area contributed by atoms with E-state index in [0.29, 0.717) is 16.2 Å². The number of piperidine rings is 1. The molecule has 1 aliphatic rings. The van der Waals surface area contributed by atoms with Gasteiger partial charge < -0.3 is 5.32 Å². The third-order valence-corrected chi connectivity index (χ3v) is 4.81. The molecule has 1 atom stereocenters. The van der Waals surface area contributed by atoms with Crippen LogP contribution in [0.15, 0.2) is 18.3 Å². The SMILES string of the molecule is O=[S@](Cc1ccc(Cl)nc1)C1CCNCC1. The number of hydrogen-bond donors (Lipinski definition) is 1. The maximum Gasteiger partial charge on any atom is 0.129 e. The molecule has 0 spiro atoms. The summed E-state index contributed by atoms with van der Waals surface area (Å²) >= 11 is 5.70. The Morgan fingerprint density at radius 1 is 1.44 bits per heavy atom. The Labute approximate surface area is 103 Å². The second kappa shape index (κ2) is 5.75. The van der Waals surface area contributed by atoms with Crippen LogP contribution >= 0.6 is 11.6 Å². The van der Waals surface area contributed by atoms with Crippen LogP contribution in [0.1, 0.15) is 18.4 Å². The molecule has 0 unspecified atom stereocenters. The molecule has 0 radical (unpaired) electrons. The third-order valence-electron chi connectivity index (χ3n) is 2.76. The number of rotatable bonds is 3. The van der Waals surface area contributed by atoms with E-state index >= 15 is 0 Å². The normalized spacial score (nSPS) is 19.6. The maximum atomic E-state index is 12.1. The standard InChI is InChI=1S/C11H15ClN2OS/c12-11-2-1-9(7-14-11)8-16(15)10-3-5-13-6-4-10/h1-2,7,10,13H,3-6,8H2/t16-/m1/s1. The van der Waals surface area contributed by atoms with Gasteiger partial charge in [0.2, 0.25) is 0 Å². The molecule has 1 aromatic rings. The molecular formula is C11H15ClN2OS. The van der Waals surface area contributed by atoms with Crippen molar-refractivity contribution in [1.29, 1.82) is 0 Å². The molecule has 5 heteroatoms. The second-order valence-electron chi connectivity index (χ2n) is 3.96. The fourth-order valence-corrected chi connectivity index (χ4v) is 3.44. The number of hydrogen-bond acceptors (Lipinski definition) is 3. The van der Waals surface area contributed by atoms with Gasteiger partial charge in [-0.05, 0) is 37.6 Å². The largest absolute Gasteiger partial charge is 0.317 e. The average Bonchev–Trinajstić information content (AvgIpc) is 2.33. The quantitative estimate of drug-likeness (QED) is 0.840. The Hall–Kier alpha value is -0.450. The smallest absolute Gasteiger partial charge is 0.129 e. The van der Waals surface area contributed by atoms with E-state index < -0.39 is 10.8 Å². The summed E-state index contributed by atoms with van der Waals surface area (Å²) < 4.78 is 12.1. The van der Waals surface area contributed by atoms with Crippen LogP contribution < -0.4 is 5.32 Å². The number of nitrogens with one attached hydrogen (secondary N) is 1. The van der Waals surface area contributed by atoms with E-state index in [0.717, 1.165) is 31.5 Å². The molecule has 0 aliphatic carbocycles. The Morgan fingerprint density at radius 3 is 2.81 bits per heavy atom. The van der Waals surface area contributed by atoms with Crippen LogP contribution in [0.25, 0.3) is 0 Å². The first-order chi connectivity index (χ1) is 7.75. The minimum Gasteiger partial charge on any atom is -0.317 e. The molecular weight excluding hydrogens is 244 g/mol. The Kier molecular flexibility index (Phi) is 4.32. The Balaban J connectivity index is 1.93. The van der Waals surface area contributed by atoms with Crippen LogP contribution in [0.4, 0.5) is 0 Å². The molecule has 88 valence electrons. The summed E-state index contributed by atoms with van der Waals surface area (Å²) in [6.07, 6.45) is 3.72. The summed E-state index contributed by atoms with van der Waals surface area (Å²) in [5.74, 6) is 0.592. The van der Waals surface area contributed by atoms with E-state index in [1.807, 2.05) is 6.07 Å². The number of halogens is 1. The Bertz CT molecular complexity index is 363. The maximum absolute atomic E-state index is 12.1. The summed E-state index contributed by atoms with van der Waals surface area (Å²) in [6.45, 7) is 1.96. The van der Waals surface area contributed by atoms with Gasteiger partial charge in [0.15, 0.2) is 0 Å². The lowest BCUT2D eigenvalue weighted by Gasteiger charge is -2.21. The lowest BCUT2D eigenvalue weighted by atomic mass is 10.2. The van der Waals surface area contributed by atoms with E-state index in [2.05, 4.69) is 10.3 Å². The van der Waals surface area contributed by atoms with E-state index in [-0.39, 0.29) is 0 Å². The topological polar surface area (TPSA) is 42.0 Å². The molecule has 1 aromatic heterocycles. The first-order valence-corrected chi connectivity index (χ1v) is 7.20. The van der Waals surface area contributed by atoms with Gasteiger partial charge in [0.05, 0.1) is 5.75 Å². The summed E-state index contributed by atoms with van der Waals surface area (Å²) in [5, 5.41) is 4.09. The Morgan fingerprint density at radius 2 is 2.19 bits per heavy atom. The summed E-state index contributed by atoms with van der Waals surface area (Å²) in [7, 11) is -0.787. The molecule has 1 aliphatic heterocycles. The van der Waals surface area contributed by atoms with E-state index in [4.69, 9.17) is 11.6 Å². The van der Waals surface area contributed by atoms with Crippen molar-refractivity contribution in [3.63, 3.8) is 0 Å². The zero-order valence-corrected chi connectivity index (χ0v) is 10.6. The second-order valence-corrected chi connectivity index (χ2v) is 6.07. The first-order valence-electron chi connectivity index (χ1n) is 5.44. The molecule has 2 rings (SSSR count). The number of pyridine rings is 1. The highest BCUT2D eigenvalue weighted by Gasteiger charge is 2.19. The van der Waals surface area contributed by atoms with Crippen molar-refractivity contribution in [2.75, 3.05) is 13.1 Å². The molecule has 1 N–H and O–H groups in total. The van der Waals surface area contributed by atoms with Crippen LogP contribution in [0.5, 0.6) is 0 Å². The summed E-state index contributed by atoms with van der Waals surface area (Å²) in [4.78, 5) is 4.00. The molecule has 0 bridgehead atoms. The van der Waals surface area contributed by atoms with Crippen LogP contribution in [0, 0.1) is 0 Å². The van der Waals surface area contributed by atoms with Crippen molar-refractivity contribution in [2.24, 2.45) is 0 Å². The highest BCUT2D eigenvalue weighted by molar-refractivity contribution is 7.84. The fourth-order valence-electron chi connectivity index (χ4n) is 1.83. The van der Waals surface area contributed by atoms with Gasteiger partial charge >= 0.3 is 0 Å². The summed E-state index contributed by atoms with van der Waals surface area (Å²) in [5.41, 5.74) is 1.00. The van der Waals surface area contributed by atoms with E-state index in [9.17, 15) is 4.21 Å². The third kappa shape index (κ3) is 3.27. The predicted molar refractivity (Wildman–Crippen MR) is 67.0 cm³/mol. The molecule has 2 heterocycles. The van der Waals surface area contributed by atoms with Gasteiger partial charge in [0.1, 0.15) is 5.15 Å². The lowest BCUT2D eigenvalue weighted by molar-refractivity contribution is 0.519. The molecule has 3 nitrogen and oxygen atoms in total. The van der Waals surface area contributed by atoms with Gasteiger partial charge in [-0.1, -0.05) is 17.7 Å². The van der Waals surface area contributed by atoms with Crippen LogP contribution in [-0.4, -0.2) is 27.5 Å². The van der Waals surface area contributed by atoms with Gasteiger partial charge in [0.25, 0.3) is 0 Å². The summed E-state index contributed by atoms with van der Waals surface area (Å²) in [6, 6.07) is 3.64. The van der Waals surface area contributed by atoms with Gasteiger partial charge in [-0.15, -0.1) is 0 Å². The molecule has 0 amide bonds. The highest BCUT2D eigenvalue weighted by Crippen LogP contribution is 2.15. The van der Waals surface area contributed by atoms with Gasteiger partial charge in [-0.25, -0.2) is 4.98 Å². The first kappa shape index (κ1) is 12.0. The van der Waals surface area contributed by atoms with Crippen molar-refractivity contribution in [1.82, 2.24) is 10.3 Å². The van der Waals surface area contributed by atoms with E-state index in [1.165, 1.54) is 0 Å². The minimum atomic E-state index is -0.787. The molecule has 1 saturated heterocycles. The predicted octanol–water partition coefficient (Wildman–Crippen LogP) is 1.74. The highest BCUT2D eigenvalue weighted by atomic mass is 35.5. The zero-order valence-electron chi connectivity index (χ0n) is 8.99. The fraction of sp³-hybridized carbons (Fsp3) is 0.545. The lowest BCUT2D eigenvalue weighted by Crippen LogP contribution is -2.33. The molecule has 0 aromatic carbocycles. The van der Waals surface area contributed by atoms with Gasteiger partial charge in [0, 0.05) is 22.2 Å². The van der Waals surface area contributed by atoms with Crippen molar-refractivity contribution in [3.05, 3.63) is 29.0 Å². The van der Waals surface area contributed by atoms with Crippen molar-refractivity contribution in [3.8, 4) is 0 Å². The monoisotopic (exact) mass is 258 g/mol. The number of aromatic nitrogens is 1. The van der Waals surface area contributed by atoms with Crippen molar-refractivity contribution < 1.29 is 4.21 Å². The average molecular weight is 259 g/mol. The van der Waals surface area contributed by atoms with Gasteiger partial charge in [-0.3, -0.25) is 4.21 Å². The van der Waals surface area contributed by atoms with Crippen LogP contribution in [0.2, 0.25) is 5.15 Å². The zero-order chi connectivity index (χ0) is 11.4. The molecule has 16 heavy (non-hydrogen) atoms. The number of nitrogens with zero attached hydrogens (tertiary/aromatic N) is 1. The van der Waals surface area contributed by atoms with Crippen molar-refractivity contribution >= 4 is 22.4 Å².